The summed E-state index contributed by atoms with van der Waals surface area (Å²) in [5, 5.41) is 8.40. The molecular weight excluding hydrogens is 410 g/mol. The number of carbonyl (C=O) groups excluding carboxylic acids is 4. The zero-order valence-electron chi connectivity index (χ0n) is 20.1. The van der Waals surface area contributed by atoms with Gasteiger partial charge in [-0.2, -0.15) is 0 Å². The van der Waals surface area contributed by atoms with E-state index in [2.05, 4.69) is 43.6 Å². The number of carbonyl (C=O) groups is 4. The van der Waals surface area contributed by atoms with Gasteiger partial charge in [0.2, 0.25) is 11.8 Å². The van der Waals surface area contributed by atoms with E-state index < -0.39 is 17.6 Å². The van der Waals surface area contributed by atoms with Gasteiger partial charge in [-0.25, -0.2) is 4.79 Å². The van der Waals surface area contributed by atoms with Crippen LogP contribution in [0.25, 0.3) is 0 Å². The molecule has 0 aromatic rings. The maximum Gasteiger partial charge on any atom is 0.322 e. The van der Waals surface area contributed by atoms with E-state index in [9.17, 15) is 19.2 Å². The first-order chi connectivity index (χ1) is 15.0. The van der Waals surface area contributed by atoms with Crippen molar-refractivity contribution in [2.75, 3.05) is 26.2 Å². The average molecular weight is 450 g/mol. The van der Waals surface area contributed by atoms with E-state index in [0.717, 1.165) is 6.42 Å². The fourth-order valence-electron chi connectivity index (χ4n) is 5.26. The number of likely N-dealkylation sites (tertiary alicyclic amines) is 1. The number of amides is 5. The Labute approximate surface area is 191 Å². The first-order valence-electron chi connectivity index (χ1n) is 12.0. The summed E-state index contributed by atoms with van der Waals surface area (Å²) in [6.45, 7) is 12.4. The fourth-order valence-corrected chi connectivity index (χ4v) is 5.26. The largest absolute Gasteiger partial charge is 0.341 e. The molecule has 3 aliphatic rings. The van der Waals surface area contributed by atoms with Gasteiger partial charge in [0.15, 0.2) is 0 Å². The van der Waals surface area contributed by atoms with Gasteiger partial charge in [-0.1, -0.05) is 27.7 Å². The highest BCUT2D eigenvalue weighted by molar-refractivity contribution is 6.07. The first-order valence-corrected chi connectivity index (χ1v) is 12.0. The number of rotatable bonds is 7. The van der Waals surface area contributed by atoms with Gasteiger partial charge < -0.3 is 20.4 Å². The molecule has 3 saturated heterocycles. The van der Waals surface area contributed by atoms with Crippen molar-refractivity contribution in [2.24, 2.45) is 17.8 Å². The molecule has 9 nitrogen and oxygen atoms in total. The van der Waals surface area contributed by atoms with Crippen molar-refractivity contribution in [2.45, 2.75) is 77.9 Å². The summed E-state index contributed by atoms with van der Waals surface area (Å²) in [6, 6.07) is -1.15. The van der Waals surface area contributed by atoms with Gasteiger partial charge in [-0.15, -0.1) is 0 Å². The third-order valence-corrected chi connectivity index (χ3v) is 7.08. The Balaban J connectivity index is 1.68. The quantitative estimate of drug-likeness (QED) is 0.504. The van der Waals surface area contributed by atoms with Gasteiger partial charge in [0.25, 0.3) is 5.91 Å². The lowest BCUT2D eigenvalue weighted by molar-refractivity contribution is -0.150. The zero-order valence-corrected chi connectivity index (χ0v) is 20.1. The van der Waals surface area contributed by atoms with E-state index in [1.54, 1.807) is 11.8 Å². The lowest BCUT2D eigenvalue weighted by atomic mass is 9.79. The van der Waals surface area contributed by atoms with Gasteiger partial charge in [-0.05, 0) is 50.4 Å². The summed E-state index contributed by atoms with van der Waals surface area (Å²) in [7, 11) is 0. The maximum absolute atomic E-state index is 13.6. The molecule has 32 heavy (non-hydrogen) atoms. The predicted molar refractivity (Wildman–Crippen MR) is 121 cm³/mol. The molecule has 1 unspecified atom stereocenters. The van der Waals surface area contributed by atoms with Crippen molar-refractivity contribution in [3.8, 4) is 0 Å². The molecule has 3 aliphatic heterocycles. The average Bonchev–Trinajstić information content (AvgIpc) is 2.99. The third-order valence-electron chi connectivity index (χ3n) is 7.08. The lowest BCUT2D eigenvalue weighted by Crippen LogP contribution is -2.62. The van der Waals surface area contributed by atoms with Crippen molar-refractivity contribution in [1.82, 2.24) is 25.8 Å². The third kappa shape index (κ3) is 5.08. The van der Waals surface area contributed by atoms with Crippen LogP contribution in [-0.4, -0.2) is 77.4 Å². The summed E-state index contributed by atoms with van der Waals surface area (Å²) >= 11 is 0. The Morgan fingerprint density at radius 2 is 1.72 bits per heavy atom. The number of piperazine rings is 1. The number of hydrogen-bond donors (Lipinski definition) is 3. The highest BCUT2D eigenvalue weighted by Gasteiger charge is 2.49. The van der Waals surface area contributed by atoms with Crippen molar-refractivity contribution < 1.29 is 19.2 Å². The Bertz CT molecular complexity index is 747. The second-order valence-electron chi connectivity index (χ2n) is 10.5. The van der Waals surface area contributed by atoms with Crippen molar-refractivity contribution in [3.05, 3.63) is 0 Å². The molecule has 0 saturated carbocycles. The molecule has 3 N–H and O–H groups in total. The van der Waals surface area contributed by atoms with Gasteiger partial charge in [0.1, 0.15) is 11.6 Å². The molecule has 3 rings (SSSR count). The predicted octanol–water partition coefficient (Wildman–Crippen LogP) is 1.08. The van der Waals surface area contributed by atoms with Crippen LogP contribution in [0.1, 0.15) is 60.3 Å². The Morgan fingerprint density at radius 1 is 1.06 bits per heavy atom. The molecule has 0 bridgehead atoms. The molecule has 0 radical (unpaired) electrons. The second kappa shape index (κ2) is 9.77. The monoisotopic (exact) mass is 449 g/mol. The van der Waals surface area contributed by atoms with Crippen molar-refractivity contribution in [1.29, 1.82) is 0 Å². The zero-order chi connectivity index (χ0) is 23.6. The van der Waals surface area contributed by atoms with Crippen LogP contribution in [0.3, 0.4) is 0 Å². The standard InChI is InChI=1S/C23H39N5O4/c1-14(2)12-17-19(29)28(11-8-24-17)18(13-15(3)4)20(30)27-9-6-16(7-10-27)23(5)21(31)25-22(32)26-23/h14-18,24H,6-13H2,1-5H3,(H2,25,26,31,32)/t17-,18?,23+/m0/s1. The molecular formula is C23H39N5O4. The van der Waals surface area contributed by atoms with Crippen LogP contribution in [0.4, 0.5) is 4.79 Å². The van der Waals surface area contributed by atoms with E-state index in [1.165, 1.54) is 0 Å². The summed E-state index contributed by atoms with van der Waals surface area (Å²) in [5.41, 5.74) is -0.928. The molecule has 3 heterocycles. The topological polar surface area (TPSA) is 111 Å². The SMILES string of the molecule is CC(C)CC(C(=O)N1CCC([C@@]2(C)NC(=O)NC2=O)CC1)N1CCN[C@@H](CC(C)C)C1=O. The van der Waals surface area contributed by atoms with E-state index in [0.29, 0.717) is 51.4 Å². The van der Waals surface area contributed by atoms with Crippen molar-refractivity contribution >= 4 is 23.8 Å². The second-order valence-corrected chi connectivity index (χ2v) is 10.5. The Kier molecular flexibility index (Phi) is 7.47. The molecule has 0 spiro atoms. The Hall–Kier alpha value is -2.16. The molecule has 0 aromatic carbocycles. The summed E-state index contributed by atoms with van der Waals surface area (Å²) in [6.07, 6.45) is 2.66. The minimum atomic E-state index is -0.928. The minimum Gasteiger partial charge on any atom is -0.341 e. The number of urea groups is 1. The van der Waals surface area contributed by atoms with Gasteiger partial charge >= 0.3 is 6.03 Å². The molecule has 0 aromatic heterocycles. The number of nitrogens with zero attached hydrogens (tertiary/aromatic N) is 2. The van der Waals surface area contributed by atoms with E-state index in [1.807, 2.05) is 4.90 Å². The summed E-state index contributed by atoms with van der Waals surface area (Å²) in [5.74, 6) is 0.371. The molecule has 5 amide bonds. The number of piperidine rings is 1. The first kappa shape index (κ1) is 24.5. The number of imide groups is 1. The lowest BCUT2D eigenvalue weighted by Gasteiger charge is -2.43. The molecule has 3 fully saturated rings. The molecule has 3 atom stereocenters. The van der Waals surface area contributed by atoms with Gasteiger partial charge in [0, 0.05) is 26.2 Å². The molecule has 180 valence electrons. The van der Waals surface area contributed by atoms with Crippen LogP contribution in [0.5, 0.6) is 0 Å². The molecule has 0 aliphatic carbocycles. The summed E-state index contributed by atoms with van der Waals surface area (Å²) in [4.78, 5) is 54.3. The number of hydrogen-bond acceptors (Lipinski definition) is 5. The van der Waals surface area contributed by atoms with Gasteiger partial charge in [0.05, 0.1) is 6.04 Å². The van der Waals surface area contributed by atoms with E-state index >= 15 is 0 Å². The van der Waals surface area contributed by atoms with E-state index in [-0.39, 0.29) is 35.6 Å². The highest BCUT2D eigenvalue weighted by atomic mass is 16.2. The van der Waals surface area contributed by atoms with Crippen LogP contribution in [0, 0.1) is 17.8 Å². The highest BCUT2D eigenvalue weighted by Crippen LogP contribution is 2.31. The van der Waals surface area contributed by atoms with Crippen LogP contribution in [-0.2, 0) is 14.4 Å². The smallest absolute Gasteiger partial charge is 0.322 e. The van der Waals surface area contributed by atoms with Crippen molar-refractivity contribution in [3.63, 3.8) is 0 Å². The fraction of sp³-hybridized carbons (Fsp3) is 0.826. The van der Waals surface area contributed by atoms with Crippen LogP contribution in [0.15, 0.2) is 0 Å². The molecule has 9 heteroatoms. The maximum atomic E-state index is 13.6. The van der Waals surface area contributed by atoms with Crippen LogP contribution >= 0.6 is 0 Å². The van der Waals surface area contributed by atoms with E-state index in [4.69, 9.17) is 0 Å². The number of nitrogens with one attached hydrogen (secondary N) is 3. The Morgan fingerprint density at radius 3 is 2.25 bits per heavy atom. The van der Waals surface area contributed by atoms with Crippen LogP contribution in [0.2, 0.25) is 0 Å². The van der Waals surface area contributed by atoms with Gasteiger partial charge in [-0.3, -0.25) is 19.7 Å². The normalized spacial score (nSPS) is 28.3. The van der Waals surface area contributed by atoms with Crippen LogP contribution < -0.4 is 16.0 Å². The summed E-state index contributed by atoms with van der Waals surface area (Å²) < 4.78 is 0. The minimum absolute atomic E-state index is 0.000703.